The van der Waals surface area contributed by atoms with Gasteiger partial charge in [-0.25, -0.2) is 0 Å². The Bertz CT molecular complexity index is 979. The van der Waals surface area contributed by atoms with E-state index in [4.69, 9.17) is 17.3 Å². The summed E-state index contributed by atoms with van der Waals surface area (Å²) in [6.07, 6.45) is 0.254. The number of carbonyl (C=O) groups excluding carboxylic acids is 2. The van der Waals surface area contributed by atoms with E-state index in [9.17, 15) is 9.59 Å². The minimum atomic E-state index is -0.251. The van der Waals surface area contributed by atoms with E-state index in [1.54, 1.807) is 12.1 Å². The molecule has 1 amide bonds. The average molecular weight is 389 g/mol. The zero-order valence-corrected chi connectivity index (χ0v) is 15.3. The van der Waals surface area contributed by atoms with Crippen molar-refractivity contribution >= 4 is 56.7 Å². The van der Waals surface area contributed by atoms with Crippen LogP contribution in [0.15, 0.2) is 41.8 Å². The molecule has 0 bridgehead atoms. The maximum atomic E-state index is 12.7. The molecule has 0 spiro atoms. The minimum Gasteiger partial charge on any atom is -0.397 e. The molecular formula is C18H13ClN2O2S2. The molecule has 4 nitrogen and oxygen atoms in total. The monoisotopic (exact) mass is 388 g/mol. The fourth-order valence-electron chi connectivity index (χ4n) is 3.07. The molecule has 3 aromatic rings. The summed E-state index contributed by atoms with van der Waals surface area (Å²) in [6.45, 7) is 0. The quantitative estimate of drug-likeness (QED) is 0.636. The summed E-state index contributed by atoms with van der Waals surface area (Å²) < 4.78 is 0. The number of carbonyl (C=O) groups is 2. The van der Waals surface area contributed by atoms with E-state index in [1.807, 2.05) is 29.6 Å². The SMILES string of the molecule is Nc1c(C(=O)c2cccs2)sc2c1[C@H](c1ccccc1Cl)CC(=O)N2. The van der Waals surface area contributed by atoms with E-state index < -0.39 is 0 Å². The molecule has 7 heteroatoms. The van der Waals surface area contributed by atoms with Gasteiger partial charge in [0.2, 0.25) is 11.7 Å². The Kier molecular flexibility index (Phi) is 4.11. The van der Waals surface area contributed by atoms with E-state index in [2.05, 4.69) is 5.32 Å². The van der Waals surface area contributed by atoms with Gasteiger partial charge in [-0.05, 0) is 23.1 Å². The van der Waals surface area contributed by atoms with Crippen molar-refractivity contribution < 1.29 is 9.59 Å². The summed E-state index contributed by atoms with van der Waals surface area (Å²) in [5, 5.41) is 5.93. The molecule has 1 aromatic carbocycles. The van der Waals surface area contributed by atoms with Gasteiger partial charge in [0.1, 0.15) is 9.88 Å². The van der Waals surface area contributed by atoms with Crippen LogP contribution in [0.3, 0.4) is 0 Å². The molecule has 0 saturated heterocycles. The largest absolute Gasteiger partial charge is 0.397 e. The Morgan fingerprint density at radius 1 is 1.24 bits per heavy atom. The van der Waals surface area contributed by atoms with Crippen molar-refractivity contribution in [1.82, 2.24) is 0 Å². The second kappa shape index (κ2) is 6.29. The maximum absolute atomic E-state index is 12.7. The van der Waals surface area contributed by atoms with Crippen LogP contribution in [0.25, 0.3) is 0 Å². The highest BCUT2D eigenvalue weighted by Gasteiger charge is 2.34. The van der Waals surface area contributed by atoms with Crippen molar-refractivity contribution in [3.8, 4) is 0 Å². The summed E-state index contributed by atoms with van der Waals surface area (Å²) >= 11 is 8.95. The fraction of sp³-hybridized carbons (Fsp3) is 0.111. The Morgan fingerprint density at radius 2 is 2.04 bits per heavy atom. The van der Waals surface area contributed by atoms with Crippen LogP contribution >= 0.6 is 34.3 Å². The molecule has 4 rings (SSSR count). The number of amides is 1. The van der Waals surface area contributed by atoms with Crippen molar-refractivity contribution in [3.63, 3.8) is 0 Å². The molecule has 0 fully saturated rings. The van der Waals surface area contributed by atoms with Crippen molar-refractivity contribution in [1.29, 1.82) is 0 Å². The molecule has 2 aromatic heterocycles. The Hall–Kier alpha value is -2.15. The van der Waals surface area contributed by atoms with E-state index >= 15 is 0 Å². The summed E-state index contributed by atoms with van der Waals surface area (Å²) in [6, 6.07) is 11.0. The number of ketones is 1. The summed E-state index contributed by atoms with van der Waals surface area (Å²) in [5.74, 6) is -0.466. The van der Waals surface area contributed by atoms with Crippen LogP contribution in [0.2, 0.25) is 5.02 Å². The molecular weight excluding hydrogens is 376 g/mol. The van der Waals surface area contributed by atoms with Gasteiger partial charge in [0, 0.05) is 22.9 Å². The third kappa shape index (κ3) is 2.76. The molecule has 0 saturated carbocycles. The van der Waals surface area contributed by atoms with Gasteiger partial charge in [-0.2, -0.15) is 0 Å². The van der Waals surface area contributed by atoms with E-state index in [-0.39, 0.29) is 24.0 Å². The molecule has 1 aliphatic rings. The van der Waals surface area contributed by atoms with Gasteiger partial charge >= 0.3 is 0 Å². The molecule has 0 unspecified atom stereocenters. The smallest absolute Gasteiger partial charge is 0.225 e. The number of nitrogen functional groups attached to an aromatic ring is 1. The molecule has 3 heterocycles. The van der Waals surface area contributed by atoms with E-state index in [1.165, 1.54) is 22.7 Å². The number of nitrogens with one attached hydrogen (secondary N) is 1. The highest BCUT2D eigenvalue weighted by atomic mass is 35.5. The number of benzene rings is 1. The first-order chi connectivity index (χ1) is 12.1. The number of rotatable bonds is 3. The van der Waals surface area contributed by atoms with Crippen LogP contribution in [0.4, 0.5) is 10.7 Å². The van der Waals surface area contributed by atoms with Crippen molar-refractivity contribution in [2.24, 2.45) is 0 Å². The zero-order chi connectivity index (χ0) is 17.6. The predicted molar refractivity (Wildman–Crippen MR) is 103 cm³/mol. The first kappa shape index (κ1) is 16.3. The number of hydrogen-bond donors (Lipinski definition) is 2. The first-order valence-corrected chi connectivity index (χ1v) is 9.68. The highest BCUT2D eigenvalue weighted by molar-refractivity contribution is 7.20. The van der Waals surface area contributed by atoms with E-state index in [0.29, 0.717) is 25.5 Å². The standard InChI is InChI=1S/C18H13ClN2O2S2/c19-11-5-2-1-4-9(11)10-8-13(22)21-18-14(10)15(20)17(25-18)16(23)12-6-3-7-24-12/h1-7,10H,8,20H2,(H,21,22)/t10-/m0/s1. The highest BCUT2D eigenvalue weighted by Crippen LogP contribution is 2.48. The number of hydrogen-bond acceptors (Lipinski definition) is 5. The van der Waals surface area contributed by atoms with Gasteiger partial charge in [0.25, 0.3) is 0 Å². The second-order valence-corrected chi connectivity index (χ2v) is 8.10. The molecule has 126 valence electrons. The van der Waals surface area contributed by atoms with Crippen molar-refractivity contribution in [2.45, 2.75) is 12.3 Å². The number of anilines is 2. The van der Waals surface area contributed by atoms with Gasteiger partial charge in [0.15, 0.2) is 0 Å². The fourth-order valence-corrected chi connectivity index (χ4v) is 5.23. The normalized spacial score (nSPS) is 16.4. The van der Waals surface area contributed by atoms with Crippen LogP contribution in [0.5, 0.6) is 0 Å². The lowest BCUT2D eigenvalue weighted by atomic mass is 9.86. The second-order valence-electron chi connectivity index (χ2n) is 5.72. The number of thiophene rings is 2. The maximum Gasteiger partial charge on any atom is 0.225 e. The first-order valence-electron chi connectivity index (χ1n) is 7.61. The third-order valence-corrected chi connectivity index (χ3v) is 6.55. The lowest BCUT2D eigenvalue weighted by Gasteiger charge is -2.24. The van der Waals surface area contributed by atoms with Crippen molar-refractivity contribution in [3.05, 3.63) is 67.7 Å². The molecule has 25 heavy (non-hydrogen) atoms. The van der Waals surface area contributed by atoms with Gasteiger partial charge < -0.3 is 11.1 Å². The van der Waals surface area contributed by atoms with Crippen LogP contribution < -0.4 is 11.1 Å². The molecule has 1 aliphatic heterocycles. The number of nitrogens with two attached hydrogens (primary N) is 1. The predicted octanol–water partition coefficient (Wildman–Crippen LogP) is 4.75. The third-order valence-electron chi connectivity index (χ3n) is 4.21. The molecule has 3 N–H and O–H groups in total. The molecule has 0 aliphatic carbocycles. The van der Waals surface area contributed by atoms with Crippen LogP contribution in [-0.4, -0.2) is 11.7 Å². The van der Waals surface area contributed by atoms with Crippen LogP contribution in [0, 0.1) is 0 Å². The lowest BCUT2D eigenvalue weighted by molar-refractivity contribution is -0.116. The average Bonchev–Trinajstić information content (AvgIpc) is 3.23. The van der Waals surface area contributed by atoms with Gasteiger partial charge in [0.05, 0.1) is 10.6 Å². The lowest BCUT2D eigenvalue weighted by Crippen LogP contribution is -2.23. The number of fused-ring (bicyclic) bond motifs is 1. The van der Waals surface area contributed by atoms with Gasteiger partial charge in [-0.1, -0.05) is 35.9 Å². The Labute approximate surface area is 157 Å². The van der Waals surface area contributed by atoms with Crippen LogP contribution in [0.1, 0.15) is 38.0 Å². The number of halogens is 1. The van der Waals surface area contributed by atoms with Gasteiger partial charge in [-0.15, -0.1) is 22.7 Å². The zero-order valence-electron chi connectivity index (χ0n) is 12.9. The summed E-state index contributed by atoms with van der Waals surface area (Å²) in [5.41, 5.74) is 8.42. The minimum absolute atomic E-state index is 0.103. The molecule has 0 radical (unpaired) electrons. The van der Waals surface area contributed by atoms with Gasteiger partial charge in [-0.3, -0.25) is 9.59 Å². The van der Waals surface area contributed by atoms with Crippen molar-refractivity contribution in [2.75, 3.05) is 11.1 Å². The summed E-state index contributed by atoms with van der Waals surface area (Å²) in [7, 11) is 0. The van der Waals surface area contributed by atoms with Crippen LogP contribution in [-0.2, 0) is 4.79 Å². The summed E-state index contributed by atoms with van der Waals surface area (Å²) in [4.78, 5) is 26.0. The van der Waals surface area contributed by atoms with E-state index in [0.717, 1.165) is 11.1 Å². The Morgan fingerprint density at radius 3 is 2.76 bits per heavy atom. The molecule has 1 atom stereocenters. The topological polar surface area (TPSA) is 72.2 Å². The Balaban J connectivity index is 1.85.